The van der Waals surface area contributed by atoms with E-state index in [1.807, 2.05) is 13.8 Å². The van der Waals surface area contributed by atoms with Crippen molar-refractivity contribution in [3.63, 3.8) is 0 Å². The summed E-state index contributed by atoms with van der Waals surface area (Å²) in [6, 6.07) is 12.7. The Hall–Kier alpha value is -2.94. The molecule has 0 saturated heterocycles. The third-order valence-electron chi connectivity index (χ3n) is 4.53. The van der Waals surface area contributed by atoms with Crippen molar-refractivity contribution in [3.8, 4) is 11.4 Å². The molecule has 0 aliphatic rings. The van der Waals surface area contributed by atoms with E-state index in [-0.39, 0.29) is 29.0 Å². The number of halogens is 2. The van der Waals surface area contributed by atoms with Crippen molar-refractivity contribution in [1.82, 2.24) is 14.9 Å². The molecule has 1 unspecified atom stereocenters. The molecule has 164 valence electrons. The van der Waals surface area contributed by atoms with Crippen LogP contribution in [-0.2, 0) is 4.79 Å². The zero-order valence-electron chi connectivity index (χ0n) is 17.2. The minimum absolute atomic E-state index is 0.0148. The zero-order valence-corrected chi connectivity index (χ0v) is 18.0. The average Bonchev–Trinajstić information content (AvgIpc) is 2.73. The number of benzene rings is 2. The van der Waals surface area contributed by atoms with Crippen LogP contribution in [0, 0.1) is 0 Å². The maximum absolute atomic E-state index is 13.2. The van der Waals surface area contributed by atoms with Gasteiger partial charge in [-0.05, 0) is 49.7 Å². The van der Waals surface area contributed by atoms with Gasteiger partial charge in [-0.3, -0.25) is 14.2 Å². The summed E-state index contributed by atoms with van der Waals surface area (Å²) in [7, 11) is 0. The Bertz CT molecular complexity index is 1100. The third kappa shape index (κ3) is 5.81. The van der Waals surface area contributed by atoms with E-state index < -0.39 is 6.61 Å². The fourth-order valence-corrected chi connectivity index (χ4v) is 3.99. The minimum atomic E-state index is -2.93. The lowest BCUT2D eigenvalue weighted by Crippen LogP contribution is -2.34. The van der Waals surface area contributed by atoms with Crippen molar-refractivity contribution < 1.29 is 18.3 Å². The lowest BCUT2D eigenvalue weighted by atomic mass is 10.2. The van der Waals surface area contributed by atoms with Crippen LogP contribution in [0.5, 0.6) is 5.75 Å². The Balaban J connectivity index is 1.94. The number of aromatic nitrogens is 2. The van der Waals surface area contributed by atoms with Crippen LogP contribution in [0.4, 0.5) is 8.78 Å². The first-order valence-electron chi connectivity index (χ1n) is 9.88. The summed E-state index contributed by atoms with van der Waals surface area (Å²) in [5.41, 5.74) is 0.645. The number of nitrogens with one attached hydrogen (secondary N) is 1. The van der Waals surface area contributed by atoms with Gasteiger partial charge in [-0.2, -0.15) is 8.78 Å². The largest absolute Gasteiger partial charge is 0.435 e. The first-order valence-corrected chi connectivity index (χ1v) is 10.9. The second-order valence-electron chi connectivity index (χ2n) is 6.97. The van der Waals surface area contributed by atoms with Crippen molar-refractivity contribution in [2.24, 2.45) is 0 Å². The normalized spacial score (nSPS) is 12.2. The summed E-state index contributed by atoms with van der Waals surface area (Å²) in [6.45, 7) is 1.06. The highest BCUT2D eigenvalue weighted by Crippen LogP contribution is 2.23. The van der Waals surface area contributed by atoms with Gasteiger partial charge in [0.1, 0.15) is 5.75 Å². The van der Waals surface area contributed by atoms with Gasteiger partial charge >= 0.3 is 6.61 Å². The molecule has 3 rings (SSSR count). The third-order valence-corrected chi connectivity index (χ3v) is 5.47. The van der Waals surface area contributed by atoms with Crippen LogP contribution in [0.3, 0.4) is 0 Å². The standard InChI is InChI=1S/C22H23F2N3O3S/c1-3-6-14(2)25-19(28)13-31-22-26-18-8-5-4-7-17(18)20(29)27(22)15-9-11-16(12-10-15)30-21(23)24/h4-5,7-12,14,21H,3,6,13H2,1-2H3,(H,25,28). The Labute approximate surface area is 182 Å². The minimum Gasteiger partial charge on any atom is -0.435 e. The van der Waals surface area contributed by atoms with Gasteiger partial charge < -0.3 is 10.1 Å². The first-order chi connectivity index (χ1) is 14.9. The molecular weight excluding hydrogens is 424 g/mol. The van der Waals surface area contributed by atoms with Gasteiger partial charge in [0.25, 0.3) is 5.56 Å². The smallest absolute Gasteiger partial charge is 0.387 e. The topological polar surface area (TPSA) is 73.2 Å². The number of carbonyl (C=O) groups is 1. The molecule has 0 aliphatic carbocycles. The van der Waals surface area contributed by atoms with Crippen LogP contribution in [0.2, 0.25) is 0 Å². The molecule has 1 heterocycles. The van der Waals surface area contributed by atoms with E-state index in [0.29, 0.717) is 21.7 Å². The quantitative estimate of drug-likeness (QED) is 0.389. The molecule has 0 radical (unpaired) electrons. The van der Waals surface area contributed by atoms with Crippen LogP contribution in [-0.4, -0.2) is 33.9 Å². The monoisotopic (exact) mass is 447 g/mol. The Morgan fingerprint density at radius 2 is 1.90 bits per heavy atom. The molecule has 0 fully saturated rings. The van der Waals surface area contributed by atoms with E-state index in [4.69, 9.17) is 0 Å². The molecule has 1 N–H and O–H groups in total. The number of hydrogen-bond donors (Lipinski definition) is 1. The van der Waals surface area contributed by atoms with Crippen LogP contribution in [0.25, 0.3) is 16.6 Å². The predicted octanol–water partition coefficient (Wildman–Crippen LogP) is 4.38. The van der Waals surface area contributed by atoms with Gasteiger partial charge in [-0.15, -0.1) is 0 Å². The van der Waals surface area contributed by atoms with Gasteiger partial charge in [0, 0.05) is 6.04 Å². The van der Waals surface area contributed by atoms with Crippen molar-refractivity contribution in [3.05, 3.63) is 58.9 Å². The summed E-state index contributed by atoms with van der Waals surface area (Å²) in [6.07, 6.45) is 1.84. The maximum atomic E-state index is 13.2. The van der Waals surface area contributed by atoms with Crippen molar-refractivity contribution >= 4 is 28.6 Å². The summed E-state index contributed by atoms with van der Waals surface area (Å²) in [5, 5.41) is 3.68. The lowest BCUT2D eigenvalue weighted by Gasteiger charge is -2.15. The number of carbonyl (C=O) groups excluding carboxylic acids is 1. The van der Waals surface area contributed by atoms with Crippen LogP contribution in [0.1, 0.15) is 26.7 Å². The van der Waals surface area contributed by atoms with Crippen LogP contribution in [0.15, 0.2) is 58.5 Å². The van der Waals surface area contributed by atoms with E-state index in [1.54, 1.807) is 24.3 Å². The highest BCUT2D eigenvalue weighted by molar-refractivity contribution is 7.99. The molecular formula is C22H23F2N3O3S. The molecule has 1 atom stereocenters. The predicted molar refractivity (Wildman–Crippen MR) is 117 cm³/mol. The molecule has 0 aliphatic heterocycles. The molecule has 6 nitrogen and oxygen atoms in total. The van der Waals surface area contributed by atoms with Gasteiger partial charge in [0.2, 0.25) is 5.91 Å². The molecule has 0 spiro atoms. The molecule has 2 aromatic carbocycles. The van der Waals surface area contributed by atoms with E-state index in [0.717, 1.165) is 24.6 Å². The van der Waals surface area contributed by atoms with Crippen molar-refractivity contribution in [2.75, 3.05) is 5.75 Å². The number of rotatable bonds is 9. The van der Waals surface area contributed by atoms with Gasteiger partial charge in [-0.25, -0.2) is 4.98 Å². The Kier molecular flexibility index (Phi) is 7.62. The highest BCUT2D eigenvalue weighted by Gasteiger charge is 2.16. The number of nitrogens with zero attached hydrogens (tertiary/aromatic N) is 2. The van der Waals surface area contributed by atoms with Gasteiger partial charge in [0.05, 0.1) is 22.3 Å². The molecule has 9 heteroatoms. The van der Waals surface area contributed by atoms with Crippen LogP contribution >= 0.6 is 11.8 Å². The molecule has 1 amide bonds. The molecule has 1 aromatic heterocycles. The highest BCUT2D eigenvalue weighted by atomic mass is 32.2. The SMILES string of the molecule is CCCC(C)NC(=O)CSc1nc2ccccc2c(=O)n1-c1ccc(OC(F)F)cc1. The number of amides is 1. The number of ether oxygens (including phenoxy) is 1. The molecule has 0 bridgehead atoms. The summed E-state index contributed by atoms with van der Waals surface area (Å²) < 4.78 is 30.6. The average molecular weight is 448 g/mol. The fourth-order valence-electron chi connectivity index (χ4n) is 3.17. The molecule has 0 saturated carbocycles. The Morgan fingerprint density at radius 3 is 2.58 bits per heavy atom. The lowest BCUT2D eigenvalue weighted by molar-refractivity contribution is -0.119. The molecule has 3 aromatic rings. The van der Waals surface area contributed by atoms with E-state index in [1.165, 1.54) is 28.8 Å². The summed E-state index contributed by atoms with van der Waals surface area (Å²) in [5.74, 6) is -0.0783. The fraction of sp³-hybridized carbons (Fsp3) is 0.318. The second-order valence-corrected chi connectivity index (χ2v) is 7.91. The number of alkyl halides is 2. The second kappa shape index (κ2) is 10.4. The number of para-hydroxylation sites is 1. The summed E-state index contributed by atoms with van der Waals surface area (Å²) >= 11 is 1.14. The Morgan fingerprint density at radius 1 is 1.19 bits per heavy atom. The van der Waals surface area contributed by atoms with Crippen LogP contribution < -0.4 is 15.6 Å². The summed E-state index contributed by atoms with van der Waals surface area (Å²) in [4.78, 5) is 30.1. The number of thioether (sulfide) groups is 1. The number of hydrogen-bond acceptors (Lipinski definition) is 5. The maximum Gasteiger partial charge on any atom is 0.387 e. The number of fused-ring (bicyclic) bond motifs is 1. The van der Waals surface area contributed by atoms with E-state index in [9.17, 15) is 18.4 Å². The van der Waals surface area contributed by atoms with E-state index in [2.05, 4.69) is 15.0 Å². The van der Waals surface area contributed by atoms with E-state index >= 15 is 0 Å². The first kappa shape index (κ1) is 22.7. The zero-order chi connectivity index (χ0) is 22.4. The van der Waals surface area contributed by atoms with Crippen molar-refractivity contribution in [1.29, 1.82) is 0 Å². The molecule has 31 heavy (non-hydrogen) atoms. The van der Waals surface area contributed by atoms with Gasteiger partial charge in [-0.1, -0.05) is 37.2 Å². The van der Waals surface area contributed by atoms with Gasteiger partial charge in [0.15, 0.2) is 5.16 Å². The van der Waals surface area contributed by atoms with Crippen molar-refractivity contribution in [2.45, 2.75) is 44.5 Å².